The summed E-state index contributed by atoms with van der Waals surface area (Å²) in [5.41, 5.74) is 4.69. The maximum Gasteiger partial charge on any atom is 0.287 e. The van der Waals surface area contributed by atoms with Crippen molar-refractivity contribution in [2.75, 3.05) is 38.5 Å². The Morgan fingerprint density at radius 2 is 1.63 bits per heavy atom. The summed E-state index contributed by atoms with van der Waals surface area (Å²) >= 11 is 6.33. The molecule has 1 spiro atoms. The Bertz CT molecular complexity index is 2130. The maximum absolute atomic E-state index is 13.7. The number of carbonyl (C=O) groups excluding carboxylic acids is 3. The van der Waals surface area contributed by atoms with Gasteiger partial charge in [0.1, 0.15) is 5.02 Å². The van der Waals surface area contributed by atoms with E-state index < -0.39 is 0 Å². The number of amides is 3. The van der Waals surface area contributed by atoms with Crippen LogP contribution in [0.3, 0.4) is 0 Å². The second kappa shape index (κ2) is 14.9. The van der Waals surface area contributed by atoms with Gasteiger partial charge in [0.25, 0.3) is 11.5 Å². The Morgan fingerprint density at radius 3 is 2.37 bits per heavy atom. The van der Waals surface area contributed by atoms with Crippen LogP contribution in [0.5, 0.6) is 0 Å². The van der Waals surface area contributed by atoms with Crippen LogP contribution in [-0.2, 0) is 16.6 Å². The van der Waals surface area contributed by atoms with Gasteiger partial charge in [-0.2, -0.15) is 5.10 Å². The number of pyridine rings is 1. The monoisotopic (exact) mass is 749 g/mol. The number of halogens is 1. The lowest BCUT2D eigenvalue weighted by atomic mass is 9.64. The zero-order valence-electron chi connectivity index (χ0n) is 31.0. The number of hydrogen-bond donors (Lipinski definition) is 2. The van der Waals surface area contributed by atoms with Crippen LogP contribution < -0.4 is 16.2 Å². The van der Waals surface area contributed by atoms with Crippen molar-refractivity contribution in [1.29, 1.82) is 0 Å². The Kier molecular flexibility index (Phi) is 10.0. The van der Waals surface area contributed by atoms with Crippen molar-refractivity contribution in [3.63, 3.8) is 0 Å². The van der Waals surface area contributed by atoms with E-state index in [1.807, 2.05) is 23.2 Å². The number of benzene rings is 2. The standard InChI is InChI=1S/C42H48ClN7O4/c1-48-24-31(20-32(25-48)46-36-23-45-49(2)41(54)38(36)43)26-3-5-28(6-4-26)40(53)50-17-15-42(16-18-50)13-11-27(12-14-42)29-7-8-33-30(19-29)21-44-22-35(33)34-9-10-37(51)47-39(34)52/h3-8,19,21-23,27,31-32,34,46H,9-18,20,24-25H2,1-2H3,(H,47,51,52). The van der Waals surface area contributed by atoms with Crippen LogP contribution in [0.2, 0.25) is 5.02 Å². The third-order valence-corrected chi connectivity index (χ3v) is 13.1. The number of likely N-dealkylation sites (tertiary alicyclic amines) is 2. The zero-order chi connectivity index (χ0) is 37.6. The first-order chi connectivity index (χ1) is 26.1. The van der Waals surface area contributed by atoms with Crippen molar-refractivity contribution < 1.29 is 14.4 Å². The van der Waals surface area contributed by atoms with E-state index in [9.17, 15) is 19.2 Å². The van der Waals surface area contributed by atoms with E-state index in [0.717, 1.165) is 93.0 Å². The van der Waals surface area contributed by atoms with E-state index in [-0.39, 0.29) is 46.2 Å². The van der Waals surface area contributed by atoms with Crippen LogP contribution in [0.25, 0.3) is 10.8 Å². The molecule has 4 aromatic rings. The Balaban J connectivity index is 0.850. The van der Waals surface area contributed by atoms with Gasteiger partial charge in [0.05, 0.1) is 17.8 Å². The second-order valence-electron chi connectivity index (χ2n) is 16.2. The lowest BCUT2D eigenvalue weighted by Crippen LogP contribution is -2.44. The minimum Gasteiger partial charge on any atom is -0.378 e. The number of rotatable bonds is 6. The summed E-state index contributed by atoms with van der Waals surface area (Å²) in [6.45, 7) is 3.31. The quantitative estimate of drug-likeness (QED) is 0.231. The number of carbonyl (C=O) groups is 3. The number of piperidine rings is 3. The van der Waals surface area contributed by atoms with Gasteiger partial charge in [-0.25, -0.2) is 4.68 Å². The van der Waals surface area contributed by atoms with E-state index in [2.05, 4.69) is 63.0 Å². The summed E-state index contributed by atoms with van der Waals surface area (Å²) in [5.74, 6) is 0.0759. The van der Waals surface area contributed by atoms with Crippen molar-refractivity contribution in [3.8, 4) is 0 Å². The molecule has 3 aliphatic heterocycles. The molecule has 5 heterocycles. The minimum absolute atomic E-state index is 0.0992. The van der Waals surface area contributed by atoms with E-state index in [0.29, 0.717) is 29.9 Å². The predicted octanol–water partition coefficient (Wildman–Crippen LogP) is 5.98. The maximum atomic E-state index is 13.7. The number of aryl methyl sites for hydroxylation is 1. The first-order valence-corrected chi connectivity index (χ1v) is 19.7. The fraction of sp³-hybridized carbons (Fsp3) is 0.476. The number of nitrogens with one attached hydrogen (secondary N) is 2. The topological polar surface area (TPSA) is 130 Å². The lowest BCUT2D eigenvalue weighted by Gasteiger charge is -2.46. The molecule has 0 radical (unpaired) electrons. The van der Waals surface area contributed by atoms with E-state index in [1.54, 1.807) is 19.4 Å². The SMILES string of the molecule is CN1CC(Nc2cnn(C)c(=O)c2Cl)CC(c2ccc(C(=O)N3CCC4(CCC(c5ccc6c(C7CCC(=O)NC7=O)cncc6c5)CC4)CC3)cc2)C1. The molecule has 2 aromatic heterocycles. The van der Waals surface area contributed by atoms with Crippen molar-refractivity contribution in [2.24, 2.45) is 12.5 Å². The summed E-state index contributed by atoms with van der Waals surface area (Å²) in [5, 5.41) is 12.3. The van der Waals surface area contributed by atoms with Gasteiger partial charge >= 0.3 is 0 Å². The molecule has 282 valence electrons. The number of nitrogens with zero attached hydrogens (tertiary/aromatic N) is 5. The largest absolute Gasteiger partial charge is 0.378 e. The average molecular weight is 750 g/mol. The molecule has 8 rings (SSSR count). The normalized spacial score (nSPS) is 23.8. The van der Waals surface area contributed by atoms with Crippen LogP contribution in [0.1, 0.15) is 103 Å². The molecular weight excluding hydrogens is 702 g/mol. The third-order valence-electron chi connectivity index (χ3n) is 12.8. The summed E-state index contributed by atoms with van der Waals surface area (Å²) in [7, 11) is 3.68. The first kappa shape index (κ1) is 36.4. The van der Waals surface area contributed by atoms with Crippen molar-refractivity contribution in [2.45, 2.75) is 81.6 Å². The molecule has 3 unspecified atom stereocenters. The van der Waals surface area contributed by atoms with Crippen molar-refractivity contribution >= 4 is 45.8 Å². The molecule has 4 fully saturated rings. The molecule has 3 atom stereocenters. The summed E-state index contributed by atoms with van der Waals surface area (Å²) < 4.78 is 1.23. The summed E-state index contributed by atoms with van der Waals surface area (Å²) in [6.07, 6.45) is 13.7. The molecule has 1 saturated carbocycles. The fourth-order valence-electron chi connectivity index (χ4n) is 9.57. The fourth-order valence-corrected chi connectivity index (χ4v) is 9.79. The van der Waals surface area contributed by atoms with E-state index >= 15 is 0 Å². The van der Waals surface area contributed by atoms with Gasteiger partial charge < -0.3 is 15.1 Å². The highest BCUT2D eigenvalue weighted by Gasteiger charge is 2.40. The number of aromatic nitrogens is 3. The Morgan fingerprint density at radius 1 is 0.889 bits per heavy atom. The molecule has 2 aromatic carbocycles. The van der Waals surface area contributed by atoms with Crippen LogP contribution in [0.15, 0.2) is 65.8 Å². The number of imide groups is 1. The molecular formula is C42H48ClN7O4. The number of hydrogen-bond acceptors (Lipinski definition) is 8. The average Bonchev–Trinajstić information content (AvgIpc) is 3.18. The second-order valence-corrected chi connectivity index (χ2v) is 16.6. The van der Waals surface area contributed by atoms with Gasteiger partial charge in [-0.15, -0.1) is 0 Å². The number of fused-ring (bicyclic) bond motifs is 1. The van der Waals surface area contributed by atoms with E-state index in [4.69, 9.17) is 11.6 Å². The third kappa shape index (κ3) is 7.28. The number of anilines is 1. The van der Waals surface area contributed by atoms with Crippen LogP contribution in [0.4, 0.5) is 5.69 Å². The molecule has 11 nitrogen and oxygen atoms in total. The highest BCUT2D eigenvalue weighted by molar-refractivity contribution is 6.32. The molecule has 4 aliphatic rings. The first-order valence-electron chi connectivity index (χ1n) is 19.3. The van der Waals surface area contributed by atoms with Gasteiger partial charge in [0.2, 0.25) is 11.8 Å². The predicted molar refractivity (Wildman–Crippen MR) is 209 cm³/mol. The van der Waals surface area contributed by atoms with Gasteiger partial charge in [0.15, 0.2) is 0 Å². The van der Waals surface area contributed by atoms with Gasteiger partial charge in [-0.1, -0.05) is 35.9 Å². The molecule has 2 N–H and O–H groups in total. The van der Waals surface area contributed by atoms with Gasteiger partial charge in [-0.05, 0) is 116 Å². The molecule has 0 bridgehead atoms. The van der Waals surface area contributed by atoms with E-state index in [1.165, 1.54) is 15.8 Å². The smallest absolute Gasteiger partial charge is 0.287 e. The molecule has 12 heteroatoms. The van der Waals surface area contributed by atoms with Crippen molar-refractivity contribution in [3.05, 3.63) is 98.7 Å². The zero-order valence-corrected chi connectivity index (χ0v) is 31.8. The van der Waals surface area contributed by atoms with Gasteiger partial charge in [0, 0.05) is 69.0 Å². The van der Waals surface area contributed by atoms with Crippen molar-refractivity contribution in [1.82, 2.24) is 29.9 Å². The summed E-state index contributed by atoms with van der Waals surface area (Å²) in [4.78, 5) is 59.0. The number of likely N-dealkylation sites (N-methyl/N-ethyl adjacent to an activating group) is 1. The van der Waals surface area contributed by atoms with Gasteiger partial charge in [-0.3, -0.25) is 29.5 Å². The highest BCUT2D eigenvalue weighted by atomic mass is 35.5. The lowest BCUT2D eigenvalue weighted by molar-refractivity contribution is -0.134. The molecule has 1 aliphatic carbocycles. The Hall–Kier alpha value is -4.61. The van der Waals surface area contributed by atoms with Crippen LogP contribution in [0, 0.1) is 5.41 Å². The highest BCUT2D eigenvalue weighted by Crippen LogP contribution is 2.49. The molecule has 3 amide bonds. The van der Waals surface area contributed by atoms with Crippen LogP contribution >= 0.6 is 11.6 Å². The molecule has 54 heavy (non-hydrogen) atoms. The molecule has 3 saturated heterocycles. The summed E-state index contributed by atoms with van der Waals surface area (Å²) in [6, 6.07) is 14.9. The minimum atomic E-state index is -0.351. The Labute approximate surface area is 320 Å². The van der Waals surface area contributed by atoms with Crippen LogP contribution in [-0.4, -0.2) is 81.6 Å².